The van der Waals surface area contributed by atoms with Crippen LogP contribution in [0.3, 0.4) is 0 Å². The molecular formula is C64H36. The van der Waals surface area contributed by atoms with Crippen molar-refractivity contribution in [3.05, 3.63) is 218 Å². The van der Waals surface area contributed by atoms with Gasteiger partial charge in [-0.05, 0) is 170 Å². The van der Waals surface area contributed by atoms with Crippen molar-refractivity contribution in [2.75, 3.05) is 0 Å². The Labute approximate surface area is 368 Å². The molecule has 0 spiro atoms. The molecule has 292 valence electrons. The summed E-state index contributed by atoms with van der Waals surface area (Å²) >= 11 is 0. The van der Waals surface area contributed by atoms with E-state index in [1.54, 1.807) is 0 Å². The number of hydrogen-bond acceptors (Lipinski definition) is 0. The van der Waals surface area contributed by atoms with Crippen molar-refractivity contribution in [1.82, 2.24) is 0 Å². The van der Waals surface area contributed by atoms with E-state index in [0.717, 1.165) is 0 Å². The minimum atomic E-state index is 1.24. The topological polar surface area (TPSA) is 0 Å². The maximum absolute atomic E-state index is 2.53. The molecule has 0 aliphatic carbocycles. The van der Waals surface area contributed by atoms with E-state index in [0.29, 0.717) is 0 Å². The third kappa shape index (κ3) is 4.46. The molecule has 0 bridgehead atoms. The molecule has 0 N–H and O–H groups in total. The van der Waals surface area contributed by atoms with Gasteiger partial charge in [0.25, 0.3) is 0 Å². The molecule has 64 heavy (non-hydrogen) atoms. The monoisotopic (exact) mass is 804 g/mol. The average molecular weight is 805 g/mol. The fourth-order valence-electron chi connectivity index (χ4n) is 12.1. The third-order valence-electron chi connectivity index (χ3n) is 14.7. The highest BCUT2D eigenvalue weighted by molar-refractivity contribution is 6.47. The number of hydrogen-bond donors (Lipinski definition) is 0. The summed E-state index contributed by atoms with van der Waals surface area (Å²) in [6, 6.07) is 82.3. The molecule has 0 heteroatoms. The van der Waals surface area contributed by atoms with Crippen LogP contribution in [0.4, 0.5) is 0 Å². The van der Waals surface area contributed by atoms with Crippen LogP contribution in [0.5, 0.6) is 0 Å². The molecule has 0 unspecified atom stereocenters. The number of fused-ring (bicyclic) bond motifs is 15. The van der Waals surface area contributed by atoms with E-state index in [2.05, 4.69) is 218 Å². The van der Waals surface area contributed by atoms with Gasteiger partial charge in [-0.15, -0.1) is 0 Å². The lowest BCUT2D eigenvalue weighted by atomic mass is 9.83. The Bertz CT molecular complexity index is 4440. The van der Waals surface area contributed by atoms with Crippen LogP contribution in [0.1, 0.15) is 0 Å². The Hall–Kier alpha value is -8.32. The number of benzene rings is 13. The zero-order valence-electron chi connectivity index (χ0n) is 34.8. The molecule has 0 saturated carbocycles. The second kappa shape index (κ2) is 12.6. The molecule has 0 saturated heterocycles. The Kier molecular flexibility index (Phi) is 6.77. The van der Waals surface area contributed by atoms with Crippen molar-refractivity contribution < 1.29 is 0 Å². The maximum Gasteiger partial charge on any atom is -0.000697 e. The van der Waals surface area contributed by atoms with E-state index >= 15 is 0 Å². The van der Waals surface area contributed by atoms with Crippen molar-refractivity contribution in [1.29, 1.82) is 0 Å². The van der Waals surface area contributed by atoms with Gasteiger partial charge in [-0.3, -0.25) is 0 Å². The summed E-state index contributed by atoms with van der Waals surface area (Å²) in [5.74, 6) is 0. The van der Waals surface area contributed by atoms with E-state index in [1.165, 1.54) is 152 Å². The summed E-state index contributed by atoms with van der Waals surface area (Å²) in [6.07, 6.45) is 0. The molecule has 15 rings (SSSR count). The predicted molar refractivity (Wildman–Crippen MR) is 278 cm³/mol. The summed E-state index contributed by atoms with van der Waals surface area (Å²) in [5, 5.41) is 28.8. The van der Waals surface area contributed by atoms with Crippen molar-refractivity contribution in [3.8, 4) is 33.4 Å². The van der Waals surface area contributed by atoms with E-state index in [4.69, 9.17) is 0 Å². The van der Waals surface area contributed by atoms with Crippen molar-refractivity contribution >= 4 is 118 Å². The van der Waals surface area contributed by atoms with Crippen LogP contribution in [-0.2, 0) is 0 Å². The van der Waals surface area contributed by atoms with Gasteiger partial charge in [0.2, 0.25) is 0 Å². The van der Waals surface area contributed by atoms with Crippen molar-refractivity contribution in [2.24, 2.45) is 0 Å². The van der Waals surface area contributed by atoms with Crippen LogP contribution >= 0.6 is 0 Å². The maximum atomic E-state index is 2.53. The van der Waals surface area contributed by atoms with Gasteiger partial charge in [0.05, 0.1) is 0 Å². The van der Waals surface area contributed by atoms with Gasteiger partial charge in [0.15, 0.2) is 0 Å². The molecule has 0 aromatic heterocycles. The number of rotatable bonds is 3. The first kappa shape index (κ1) is 34.3. The fraction of sp³-hybridized carbons (Fsp3) is 0. The largest absolute Gasteiger partial charge is 0.0622 e. The van der Waals surface area contributed by atoms with E-state index in [1.807, 2.05) is 0 Å². The van der Waals surface area contributed by atoms with Gasteiger partial charge < -0.3 is 0 Å². The van der Waals surface area contributed by atoms with Gasteiger partial charge in [0.1, 0.15) is 0 Å². The molecule has 0 heterocycles. The summed E-state index contributed by atoms with van der Waals surface area (Å²) < 4.78 is 0. The SMILES string of the molecule is c1ccc(-c2c3cc4c5ccccc5c5cccc(c3c(-c3ccccc3)c3c6cc7ccc8c9ccc(-c%10cccc%11ccccc%10%11)cc9ccc8c7c7cccc(c23)c67)c54)cc1. The lowest BCUT2D eigenvalue weighted by Crippen LogP contribution is -1.91. The molecule has 0 nitrogen and oxygen atoms in total. The molecule has 0 aliphatic rings. The highest BCUT2D eigenvalue weighted by Crippen LogP contribution is 2.55. The van der Waals surface area contributed by atoms with Crippen LogP contribution in [0.15, 0.2) is 218 Å². The smallest absolute Gasteiger partial charge is 0.000697 e. The third-order valence-corrected chi connectivity index (χ3v) is 14.7. The molecule has 0 atom stereocenters. The lowest BCUT2D eigenvalue weighted by Gasteiger charge is -2.19. The van der Waals surface area contributed by atoms with Gasteiger partial charge >= 0.3 is 0 Å². The van der Waals surface area contributed by atoms with Crippen LogP contribution in [0.2, 0.25) is 0 Å². The summed E-state index contributed by atoms with van der Waals surface area (Å²) in [7, 11) is 0. The second-order valence-corrected chi connectivity index (χ2v) is 17.8. The molecule has 0 amide bonds. The fourth-order valence-corrected chi connectivity index (χ4v) is 12.1. The first-order valence-corrected chi connectivity index (χ1v) is 22.4. The zero-order chi connectivity index (χ0) is 41.6. The highest BCUT2D eigenvalue weighted by Gasteiger charge is 2.27. The van der Waals surface area contributed by atoms with E-state index < -0.39 is 0 Å². The molecule has 0 radical (unpaired) electrons. The molecule has 15 aromatic rings. The highest BCUT2D eigenvalue weighted by atomic mass is 14.3. The van der Waals surface area contributed by atoms with Gasteiger partial charge in [-0.1, -0.05) is 200 Å². The minimum absolute atomic E-state index is 1.24. The molecule has 0 fully saturated rings. The van der Waals surface area contributed by atoms with Crippen molar-refractivity contribution in [3.63, 3.8) is 0 Å². The van der Waals surface area contributed by atoms with E-state index in [-0.39, 0.29) is 0 Å². The van der Waals surface area contributed by atoms with E-state index in [9.17, 15) is 0 Å². The predicted octanol–water partition coefficient (Wildman–Crippen LogP) is 18.2. The standard InChI is InChI=1S/C64H36/c1-3-15-38(16-4-1)58-56-36-54-47-22-10-9-21-46(47)49-24-12-26-52(60(49)54)62(56)59(39-17-5-2-6-18-39)64-55-35-42-30-32-48-45-31-28-40(44-23-11-19-37-14-7-8-20-43(37)44)34-41(45)29-33-50(48)57(42)51-25-13-27-53(61(51)55)63(58)64/h1-36H. The Morgan fingerprint density at radius 1 is 0.172 bits per heavy atom. The Morgan fingerprint density at radius 3 is 1.48 bits per heavy atom. The van der Waals surface area contributed by atoms with Gasteiger partial charge in [-0.25, -0.2) is 0 Å². The van der Waals surface area contributed by atoms with Crippen LogP contribution in [0.25, 0.3) is 152 Å². The lowest BCUT2D eigenvalue weighted by molar-refractivity contribution is 1.68. The average Bonchev–Trinajstić information content (AvgIpc) is 3.86. The zero-order valence-corrected chi connectivity index (χ0v) is 34.8. The minimum Gasteiger partial charge on any atom is -0.0622 e. The summed E-state index contributed by atoms with van der Waals surface area (Å²) in [5.41, 5.74) is 7.63. The summed E-state index contributed by atoms with van der Waals surface area (Å²) in [4.78, 5) is 0. The first-order valence-electron chi connectivity index (χ1n) is 22.4. The molecule has 15 aromatic carbocycles. The van der Waals surface area contributed by atoms with Gasteiger partial charge in [0, 0.05) is 0 Å². The van der Waals surface area contributed by atoms with Gasteiger partial charge in [-0.2, -0.15) is 0 Å². The molecular weight excluding hydrogens is 769 g/mol. The van der Waals surface area contributed by atoms with Crippen LogP contribution in [-0.4, -0.2) is 0 Å². The Morgan fingerprint density at radius 2 is 0.688 bits per heavy atom. The van der Waals surface area contributed by atoms with Crippen LogP contribution in [0, 0.1) is 0 Å². The van der Waals surface area contributed by atoms with Crippen molar-refractivity contribution in [2.45, 2.75) is 0 Å². The molecule has 0 aliphatic heterocycles. The van der Waals surface area contributed by atoms with Crippen LogP contribution < -0.4 is 0 Å². The Balaban J connectivity index is 1.11. The first-order chi connectivity index (χ1) is 31.8. The normalized spacial score (nSPS) is 12.4. The second-order valence-electron chi connectivity index (χ2n) is 17.8. The quantitative estimate of drug-likeness (QED) is 0.156. The summed E-state index contributed by atoms with van der Waals surface area (Å²) in [6.45, 7) is 0.